The third-order valence-electron chi connectivity index (χ3n) is 4.32. The summed E-state index contributed by atoms with van der Waals surface area (Å²) in [6.07, 6.45) is 6.20. The molecule has 108 valence electrons. The van der Waals surface area contributed by atoms with Crippen LogP contribution in [0.15, 0.2) is 18.5 Å². The zero-order valence-electron chi connectivity index (χ0n) is 12.3. The predicted octanol–water partition coefficient (Wildman–Crippen LogP) is 2.13. The molecule has 0 radical (unpaired) electrons. The molecular weight excluding hydrogens is 250 g/mol. The van der Waals surface area contributed by atoms with E-state index in [0.29, 0.717) is 12.1 Å². The third kappa shape index (κ3) is 2.38. The molecule has 2 aromatic rings. The third-order valence-corrected chi connectivity index (χ3v) is 4.32. The molecule has 0 bridgehead atoms. The van der Waals surface area contributed by atoms with Gasteiger partial charge in [-0.2, -0.15) is 9.61 Å². The molecule has 1 saturated carbocycles. The first-order chi connectivity index (χ1) is 9.69. The van der Waals surface area contributed by atoms with E-state index in [1.807, 2.05) is 4.52 Å². The van der Waals surface area contributed by atoms with Gasteiger partial charge in [0.05, 0.1) is 0 Å². The molecule has 0 spiro atoms. The molecule has 2 aromatic heterocycles. The van der Waals surface area contributed by atoms with E-state index < -0.39 is 0 Å². The Hall–Kier alpha value is -1.62. The summed E-state index contributed by atoms with van der Waals surface area (Å²) in [6.45, 7) is 5.31. The molecule has 0 aromatic carbocycles. The van der Waals surface area contributed by atoms with Crippen LogP contribution in [-0.2, 0) is 0 Å². The summed E-state index contributed by atoms with van der Waals surface area (Å²) in [5.74, 6) is 1.15. The number of fused-ring (bicyclic) bond motifs is 1. The number of rotatable bonds is 3. The summed E-state index contributed by atoms with van der Waals surface area (Å²) in [7, 11) is 0. The molecular formula is C15H23N5. The Bertz CT molecular complexity index is 583. The van der Waals surface area contributed by atoms with Gasteiger partial charge in [0.2, 0.25) is 0 Å². The maximum atomic E-state index is 6.03. The lowest BCUT2D eigenvalue weighted by atomic mass is 9.90. The van der Waals surface area contributed by atoms with E-state index in [1.54, 1.807) is 6.33 Å². The van der Waals surface area contributed by atoms with Crippen LogP contribution in [0.4, 0.5) is 5.82 Å². The summed E-state index contributed by atoms with van der Waals surface area (Å²) in [6, 6.07) is 5.23. The van der Waals surface area contributed by atoms with Crippen molar-refractivity contribution in [3.05, 3.63) is 24.0 Å². The number of hydrogen-bond donors (Lipinski definition) is 1. The van der Waals surface area contributed by atoms with Crippen molar-refractivity contribution in [1.82, 2.24) is 14.6 Å². The van der Waals surface area contributed by atoms with Crippen molar-refractivity contribution in [2.24, 2.45) is 5.73 Å². The summed E-state index contributed by atoms with van der Waals surface area (Å²) in [4.78, 5) is 6.78. The second-order valence-corrected chi connectivity index (χ2v) is 5.78. The van der Waals surface area contributed by atoms with Gasteiger partial charge in [-0.1, -0.05) is 0 Å². The number of aromatic nitrogens is 3. The van der Waals surface area contributed by atoms with Gasteiger partial charge >= 0.3 is 0 Å². The van der Waals surface area contributed by atoms with Crippen LogP contribution >= 0.6 is 0 Å². The molecule has 1 aliphatic carbocycles. The SMILES string of the molecule is CCN(c1cc(C)cc2ncnn12)C1CCC(N)CC1. The lowest BCUT2D eigenvalue weighted by molar-refractivity contribution is 0.376. The van der Waals surface area contributed by atoms with E-state index in [-0.39, 0.29) is 0 Å². The quantitative estimate of drug-likeness (QED) is 0.930. The Morgan fingerprint density at radius 2 is 2.05 bits per heavy atom. The Morgan fingerprint density at radius 1 is 1.30 bits per heavy atom. The molecule has 0 aliphatic heterocycles. The minimum absolute atomic E-state index is 0.383. The molecule has 2 heterocycles. The Kier molecular flexibility index (Phi) is 3.61. The highest BCUT2D eigenvalue weighted by Gasteiger charge is 2.25. The summed E-state index contributed by atoms with van der Waals surface area (Å²) in [5, 5.41) is 4.38. The van der Waals surface area contributed by atoms with Crippen molar-refractivity contribution in [3.8, 4) is 0 Å². The van der Waals surface area contributed by atoms with E-state index in [1.165, 1.54) is 18.4 Å². The van der Waals surface area contributed by atoms with Gasteiger partial charge in [0.15, 0.2) is 5.65 Å². The van der Waals surface area contributed by atoms with Crippen LogP contribution in [0.3, 0.4) is 0 Å². The van der Waals surface area contributed by atoms with E-state index in [0.717, 1.165) is 30.9 Å². The summed E-state index contributed by atoms with van der Waals surface area (Å²) in [5.41, 5.74) is 8.18. The van der Waals surface area contributed by atoms with Gasteiger partial charge in [0.25, 0.3) is 0 Å². The molecule has 2 N–H and O–H groups in total. The lowest BCUT2D eigenvalue weighted by Gasteiger charge is -2.37. The lowest BCUT2D eigenvalue weighted by Crippen LogP contribution is -2.41. The van der Waals surface area contributed by atoms with Gasteiger partial charge in [-0.05, 0) is 57.2 Å². The summed E-state index contributed by atoms with van der Waals surface area (Å²) >= 11 is 0. The van der Waals surface area contributed by atoms with Crippen molar-refractivity contribution >= 4 is 11.5 Å². The van der Waals surface area contributed by atoms with Gasteiger partial charge in [-0.25, -0.2) is 4.98 Å². The molecule has 20 heavy (non-hydrogen) atoms. The maximum Gasteiger partial charge on any atom is 0.157 e. The number of pyridine rings is 1. The predicted molar refractivity (Wildman–Crippen MR) is 81.0 cm³/mol. The van der Waals surface area contributed by atoms with Gasteiger partial charge in [0.1, 0.15) is 12.1 Å². The van der Waals surface area contributed by atoms with Crippen LogP contribution < -0.4 is 10.6 Å². The van der Waals surface area contributed by atoms with Gasteiger partial charge < -0.3 is 10.6 Å². The Balaban J connectivity index is 1.96. The normalized spacial score (nSPS) is 23.1. The standard InChI is InChI=1S/C15H23N5/c1-3-19(13-6-4-12(16)5-7-13)15-9-11(2)8-14-17-10-18-20(14)15/h8-10,12-13H,3-7,16H2,1-2H3. The first-order valence-corrected chi connectivity index (χ1v) is 7.51. The topological polar surface area (TPSA) is 59.5 Å². The highest BCUT2D eigenvalue weighted by atomic mass is 15.4. The molecule has 3 rings (SSSR count). The van der Waals surface area contributed by atoms with Crippen molar-refractivity contribution < 1.29 is 0 Å². The highest BCUT2D eigenvalue weighted by Crippen LogP contribution is 2.27. The minimum atomic E-state index is 0.383. The number of nitrogens with two attached hydrogens (primary N) is 1. The maximum absolute atomic E-state index is 6.03. The zero-order chi connectivity index (χ0) is 14.1. The Morgan fingerprint density at radius 3 is 2.75 bits per heavy atom. The monoisotopic (exact) mass is 273 g/mol. The fraction of sp³-hybridized carbons (Fsp3) is 0.600. The zero-order valence-corrected chi connectivity index (χ0v) is 12.3. The molecule has 0 saturated heterocycles. The van der Waals surface area contributed by atoms with Crippen molar-refractivity contribution in [2.75, 3.05) is 11.4 Å². The average Bonchev–Trinajstić information content (AvgIpc) is 2.89. The molecule has 5 nitrogen and oxygen atoms in total. The second-order valence-electron chi connectivity index (χ2n) is 5.78. The van der Waals surface area contributed by atoms with E-state index >= 15 is 0 Å². The van der Waals surface area contributed by atoms with Crippen LogP contribution in [0, 0.1) is 6.92 Å². The fourth-order valence-electron chi connectivity index (χ4n) is 3.26. The van der Waals surface area contributed by atoms with Crippen LogP contribution in [0.5, 0.6) is 0 Å². The summed E-state index contributed by atoms with van der Waals surface area (Å²) < 4.78 is 1.95. The Labute approximate surface area is 119 Å². The number of hydrogen-bond acceptors (Lipinski definition) is 4. The van der Waals surface area contributed by atoms with Crippen molar-refractivity contribution in [2.45, 2.75) is 51.6 Å². The number of anilines is 1. The molecule has 1 fully saturated rings. The van der Waals surface area contributed by atoms with Gasteiger partial charge in [0, 0.05) is 18.6 Å². The van der Waals surface area contributed by atoms with Crippen LogP contribution in [-0.4, -0.2) is 33.2 Å². The molecule has 5 heteroatoms. The largest absolute Gasteiger partial charge is 0.354 e. The molecule has 1 aliphatic rings. The van der Waals surface area contributed by atoms with E-state index in [4.69, 9.17) is 5.73 Å². The van der Waals surface area contributed by atoms with Crippen molar-refractivity contribution in [1.29, 1.82) is 0 Å². The molecule has 0 atom stereocenters. The van der Waals surface area contributed by atoms with Gasteiger partial charge in [-0.15, -0.1) is 0 Å². The highest BCUT2D eigenvalue weighted by molar-refractivity contribution is 5.53. The van der Waals surface area contributed by atoms with Gasteiger partial charge in [-0.3, -0.25) is 0 Å². The molecule has 0 unspecified atom stereocenters. The van der Waals surface area contributed by atoms with Crippen molar-refractivity contribution in [3.63, 3.8) is 0 Å². The first kappa shape index (κ1) is 13.4. The fourth-order valence-corrected chi connectivity index (χ4v) is 3.26. The van der Waals surface area contributed by atoms with Crippen LogP contribution in [0.25, 0.3) is 5.65 Å². The second kappa shape index (κ2) is 5.40. The smallest absolute Gasteiger partial charge is 0.157 e. The van der Waals surface area contributed by atoms with Crippen LogP contribution in [0.1, 0.15) is 38.2 Å². The van der Waals surface area contributed by atoms with E-state index in [2.05, 4.69) is 41.0 Å². The molecule has 0 amide bonds. The number of aryl methyl sites for hydroxylation is 1. The number of nitrogens with zero attached hydrogens (tertiary/aromatic N) is 4. The van der Waals surface area contributed by atoms with Crippen LogP contribution in [0.2, 0.25) is 0 Å². The first-order valence-electron chi connectivity index (χ1n) is 7.51. The average molecular weight is 273 g/mol. The van der Waals surface area contributed by atoms with E-state index in [9.17, 15) is 0 Å². The minimum Gasteiger partial charge on any atom is -0.354 e.